The Balaban J connectivity index is 1.54. The molecule has 0 amide bonds. The van der Waals surface area contributed by atoms with E-state index in [-0.39, 0.29) is 0 Å². The van der Waals surface area contributed by atoms with Crippen LogP contribution in [0.1, 0.15) is 78.6 Å². The summed E-state index contributed by atoms with van der Waals surface area (Å²) in [6, 6.07) is 1.29. The maximum absolute atomic E-state index is 4.19. The van der Waals surface area contributed by atoms with Gasteiger partial charge in [0.15, 0.2) is 0 Å². The van der Waals surface area contributed by atoms with Crippen LogP contribution >= 0.6 is 0 Å². The maximum atomic E-state index is 4.19. The lowest BCUT2D eigenvalue weighted by Crippen LogP contribution is -2.46. The average Bonchev–Trinajstić information content (AvgIpc) is 3.03. The number of hydrogen-bond donors (Lipinski definition) is 1. The molecule has 1 heteroatoms. The molecule has 148 valence electrons. The number of rotatable bonds is 2. The van der Waals surface area contributed by atoms with Gasteiger partial charge in [0.25, 0.3) is 0 Å². The van der Waals surface area contributed by atoms with Crippen LogP contribution < -0.4 is 5.32 Å². The van der Waals surface area contributed by atoms with Gasteiger partial charge >= 0.3 is 0 Å². The lowest BCUT2D eigenvalue weighted by atomic mass is 9.74. The Morgan fingerprint density at radius 1 is 0.926 bits per heavy atom. The second kappa shape index (κ2) is 8.52. The minimum Gasteiger partial charge on any atom is -0.307 e. The lowest BCUT2D eigenvalue weighted by molar-refractivity contribution is 0.290. The first-order valence-corrected chi connectivity index (χ1v) is 11.6. The van der Waals surface area contributed by atoms with Crippen LogP contribution in [0.25, 0.3) is 0 Å². The molecular formula is C26H39N. The van der Waals surface area contributed by atoms with Gasteiger partial charge in [0.1, 0.15) is 0 Å². The van der Waals surface area contributed by atoms with Gasteiger partial charge in [0.2, 0.25) is 0 Å². The summed E-state index contributed by atoms with van der Waals surface area (Å²) >= 11 is 0. The zero-order valence-corrected chi connectivity index (χ0v) is 17.7. The zero-order chi connectivity index (χ0) is 18.8. The third-order valence-corrected chi connectivity index (χ3v) is 7.93. The molecule has 0 radical (unpaired) electrons. The highest BCUT2D eigenvalue weighted by atomic mass is 15.0. The third-order valence-electron chi connectivity index (χ3n) is 7.93. The quantitative estimate of drug-likeness (QED) is 0.534. The van der Waals surface area contributed by atoms with Gasteiger partial charge in [-0.25, -0.2) is 0 Å². The van der Waals surface area contributed by atoms with Gasteiger partial charge in [-0.3, -0.25) is 0 Å². The Hall–Kier alpha value is -1.08. The molecule has 1 saturated heterocycles. The predicted molar refractivity (Wildman–Crippen MR) is 117 cm³/mol. The van der Waals surface area contributed by atoms with Crippen molar-refractivity contribution in [2.45, 2.75) is 90.6 Å². The van der Waals surface area contributed by atoms with Crippen molar-refractivity contribution < 1.29 is 0 Å². The van der Waals surface area contributed by atoms with Crippen molar-refractivity contribution in [2.75, 3.05) is 0 Å². The van der Waals surface area contributed by atoms with E-state index in [1.807, 2.05) is 0 Å². The molecule has 0 aromatic heterocycles. The molecule has 5 atom stereocenters. The first-order valence-electron chi connectivity index (χ1n) is 11.6. The Bertz CT molecular complexity index is 641. The van der Waals surface area contributed by atoms with Crippen LogP contribution in [0.4, 0.5) is 0 Å². The van der Waals surface area contributed by atoms with Crippen LogP contribution in [-0.2, 0) is 0 Å². The molecule has 1 saturated carbocycles. The van der Waals surface area contributed by atoms with Gasteiger partial charge in [0, 0.05) is 18.0 Å². The number of fused-ring (bicyclic) bond motifs is 1. The average molecular weight is 366 g/mol. The molecule has 0 bridgehead atoms. The Kier molecular flexibility index (Phi) is 6.07. The number of nitrogens with one attached hydrogen (secondary N) is 1. The molecule has 0 aromatic rings. The summed E-state index contributed by atoms with van der Waals surface area (Å²) in [5.74, 6) is 2.95. The van der Waals surface area contributed by atoms with E-state index >= 15 is 0 Å². The van der Waals surface area contributed by atoms with E-state index in [2.05, 4.69) is 56.5 Å². The molecular weight excluding hydrogens is 326 g/mol. The highest BCUT2D eigenvalue weighted by Crippen LogP contribution is 2.41. The molecule has 1 aliphatic heterocycles. The highest BCUT2D eigenvalue weighted by Gasteiger charge is 2.37. The number of allylic oxidation sites excluding steroid dienone is 6. The standard InChI is InChI=1S/C26H39N/c1-18-10-8-9-13-23(18)22-16-20(3)26-24(17-22)19(2)14-15-25(27-26)21-11-6-4-5-7-12-21/h8-10,16-17,19,21,23-27H,4-7,11-15H2,1-3H3. The van der Waals surface area contributed by atoms with Crippen molar-refractivity contribution >= 4 is 0 Å². The predicted octanol–water partition coefficient (Wildman–Crippen LogP) is 6.74. The summed E-state index contributed by atoms with van der Waals surface area (Å²) in [6.45, 7) is 7.20. The highest BCUT2D eigenvalue weighted by molar-refractivity contribution is 5.41. The van der Waals surface area contributed by atoms with Gasteiger partial charge in [-0.1, -0.05) is 74.1 Å². The van der Waals surface area contributed by atoms with E-state index in [0.29, 0.717) is 17.9 Å². The molecule has 0 aromatic carbocycles. The topological polar surface area (TPSA) is 12.0 Å². The van der Waals surface area contributed by atoms with Gasteiger partial charge in [-0.15, -0.1) is 0 Å². The minimum atomic E-state index is 0.558. The summed E-state index contributed by atoms with van der Waals surface area (Å²) in [6.07, 6.45) is 24.7. The van der Waals surface area contributed by atoms with E-state index in [1.54, 1.807) is 11.1 Å². The molecule has 3 aliphatic carbocycles. The van der Waals surface area contributed by atoms with Gasteiger partial charge in [-0.2, -0.15) is 0 Å². The fourth-order valence-corrected chi connectivity index (χ4v) is 6.14. The molecule has 4 rings (SSSR count). The van der Waals surface area contributed by atoms with Crippen molar-refractivity contribution in [2.24, 2.45) is 23.7 Å². The summed E-state index contributed by atoms with van der Waals surface area (Å²) in [7, 11) is 0. The first-order chi connectivity index (χ1) is 13.1. The lowest BCUT2D eigenvalue weighted by Gasteiger charge is -2.37. The monoisotopic (exact) mass is 365 g/mol. The van der Waals surface area contributed by atoms with Crippen molar-refractivity contribution in [1.29, 1.82) is 0 Å². The van der Waals surface area contributed by atoms with E-state index in [0.717, 1.165) is 17.9 Å². The molecule has 0 spiro atoms. The van der Waals surface area contributed by atoms with Crippen molar-refractivity contribution in [3.05, 3.63) is 47.1 Å². The molecule has 5 unspecified atom stereocenters. The van der Waals surface area contributed by atoms with Crippen LogP contribution in [0.2, 0.25) is 0 Å². The largest absolute Gasteiger partial charge is 0.307 e. The van der Waals surface area contributed by atoms with Crippen LogP contribution in [0, 0.1) is 23.7 Å². The second-order valence-electron chi connectivity index (χ2n) is 9.82. The Morgan fingerprint density at radius 3 is 2.44 bits per heavy atom. The molecule has 27 heavy (non-hydrogen) atoms. The fraction of sp³-hybridized carbons (Fsp3) is 0.692. The van der Waals surface area contributed by atoms with Gasteiger partial charge in [0.05, 0.1) is 0 Å². The molecule has 1 nitrogen and oxygen atoms in total. The smallest absolute Gasteiger partial charge is 0.0348 e. The van der Waals surface area contributed by atoms with Crippen molar-refractivity contribution in [3.8, 4) is 0 Å². The van der Waals surface area contributed by atoms with Gasteiger partial charge in [-0.05, 0) is 69.3 Å². The van der Waals surface area contributed by atoms with Crippen molar-refractivity contribution in [1.82, 2.24) is 5.32 Å². The number of hydrogen-bond acceptors (Lipinski definition) is 1. The van der Waals surface area contributed by atoms with Crippen LogP contribution in [0.3, 0.4) is 0 Å². The second-order valence-corrected chi connectivity index (χ2v) is 9.82. The first kappa shape index (κ1) is 19.2. The van der Waals surface area contributed by atoms with E-state index in [1.165, 1.54) is 63.4 Å². The van der Waals surface area contributed by atoms with E-state index in [4.69, 9.17) is 0 Å². The normalized spacial score (nSPS) is 38.2. The van der Waals surface area contributed by atoms with Crippen molar-refractivity contribution in [3.63, 3.8) is 0 Å². The summed E-state index contributed by atoms with van der Waals surface area (Å²) in [5.41, 5.74) is 4.68. The van der Waals surface area contributed by atoms with Gasteiger partial charge < -0.3 is 5.32 Å². The van der Waals surface area contributed by atoms with E-state index in [9.17, 15) is 0 Å². The third kappa shape index (κ3) is 4.19. The Morgan fingerprint density at radius 2 is 1.70 bits per heavy atom. The van der Waals surface area contributed by atoms with Crippen LogP contribution in [0.15, 0.2) is 47.1 Å². The summed E-state index contributed by atoms with van der Waals surface area (Å²) in [5, 5.41) is 4.19. The molecule has 4 aliphatic rings. The van der Waals surface area contributed by atoms with Crippen LogP contribution in [-0.4, -0.2) is 12.1 Å². The van der Waals surface area contributed by atoms with E-state index < -0.39 is 0 Å². The summed E-state index contributed by atoms with van der Waals surface area (Å²) < 4.78 is 0. The maximum Gasteiger partial charge on any atom is 0.0348 e. The SMILES string of the molecule is CC1=CC=CCC1C1=CC2C(C)CCC(C3CCCCCC3)NC2C(C)=C1. The molecule has 1 N–H and O–H groups in total. The summed E-state index contributed by atoms with van der Waals surface area (Å²) in [4.78, 5) is 0. The molecule has 2 fully saturated rings. The fourth-order valence-electron chi connectivity index (χ4n) is 6.14. The Labute approximate surface area is 167 Å². The van der Waals surface area contributed by atoms with Crippen LogP contribution in [0.5, 0.6) is 0 Å². The molecule has 1 heterocycles. The zero-order valence-electron chi connectivity index (χ0n) is 17.7. The minimum absolute atomic E-state index is 0.558.